The van der Waals surface area contributed by atoms with Crippen LogP contribution in [0.1, 0.15) is 43.4 Å². The van der Waals surface area contributed by atoms with E-state index < -0.39 is 22.7 Å². The maximum absolute atomic E-state index is 14.7. The largest absolute Gasteiger partial charge is 0.298 e. The van der Waals surface area contributed by atoms with Crippen molar-refractivity contribution in [1.82, 2.24) is 0 Å². The van der Waals surface area contributed by atoms with Crippen LogP contribution in [0.4, 0.5) is 5.69 Å². The number of carbonyl (C=O) groups excluding carboxylic acids is 3. The number of anilines is 1. The minimum atomic E-state index is -1.04. The molecule has 0 spiro atoms. The van der Waals surface area contributed by atoms with Crippen molar-refractivity contribution in [3.8, 4) is 0 Å². The molecule has 2 amide bonds. The summed E-state index contributed by atoms with van der Waals surface area (Å²) in [5, 5.41) is 0. The third-order valence-corrected chi connectivity index (χ3v) is 8.82. The highest BCUT2D eigenvalue weighted by Crippen LogP contribution is 2.75. The Balaban J connectivity index is 1.68. The van der Waals surface area contributed by atoms with Gasteiger partial charge in [-0.15, -0.1) is 0 Å². The van der Waals surface area contributed by atoms with Gasteiger partial charge >= 0.3 is 0 Å². The van der Waals surface area contributed by atoms with Crippen LogP contribution in [0.25, 0.3) is 11.1 Å². The third kappa shape index (κ3) is 2.57. The second-order valence-corrected chi connectivity index (χ2v) is 10.3. The molecule has 3 aromatic carbocycles. The zero-order valence-corrected chi connectivity index (χ0v) is 20.8. The second-order valence-electron chi connectivity index (χ2n) is 10.3. The van der Waals surface area contributed by atoms with Crippen LogP contribution in [0.3, 0.4) is 0 Å². The highest BCUT2D eigenvalue weighted by molar-refractivity contribution is 6.34. The summed E-state index contributed by atoms with van der Waals surface area (Å²) < 4.78 is 0. The topological polar surface area (TPSA) is 54.5 Å². The molecule has 6 rings (SSSR count). The van der Waals surface area contributed by atoms with E-state index in [0.29, 0.717) is 18.5 Å². The molecule has 0 radical (unpaired) electrons. The Bertz CT molecular complexity index is 1350. The number of hydrogen-bond acceptors (Lipinski definition) is 3. The van der Waals surface area contributed by atoms with Gasteiger partial charge in [0.15, 0.2) is 5.78 Å². The van der Waals surface area contributed by atoms with Crippen molar-refractivity contribution in [2.24, 2.45) is 22.7 Å². The van der Waals surface area contributed by atoms with Gasteiger partial charge in [0, 0.05) is 0 Å². The molecule has 1 heterocycles. The molecule has 0 N–H and O–H groups in total. The number of allylic oxidation sites excluding steroid dienone is 2. The van der Waals surface area contributed by atoms with Gasteiger partial charge in [-0.2, -0.15) is 0 Å². The van der Waals surface area contributed by atoms with E-state index in [1.54, 1.807) is 0 Å². The Kier molecular flexibility index (Phi) is 4.95. The molecule has 2 aliphatic carbocycles. The minimum absolute atomic E-state index is 0.0401. The lowest BCUT2D eigenvalue weighted by Gasteiger charge is -2.38. The summed E-state index contributed by atoms with van der Waals surface area (Å²) in [6.07, 6.45) is 0.936. The maximum Gasteiger partial charge on any atom is 0.239 e. The van der Waals surface area contributed by atoms with Gasteiger partial charge < -0.3 is 0 Å². The lowest BCUT2D eigenvalue weighted by Crippen LogP contribution is -2.41. The summed E-state index contributed by atoms with van der Waals surface area (Å²) in [5.74, 6) is -1.86. The fraction of sp³-hybridized carbons (Fsp3) is 0.281. The maximum atomic E-state index is 14.7. The van der Waals surface area contributed by atoms with Gasteiger partial charge in [0.1, 0.15) is 0 Å². The molecule has 0 aromatic heterocycles. The van der Waals surface area contributed by atoms with E-state index in [-0.39, 0.29) is 17.6 Å². The normalized spacial score (nSPS) is 28.9. The average molecular weight is 476 g/mol. The van der Waals surface area contributed by atoms with E-state index in [2.05, 4.69) is 0 Å². The molecule has 3 aliphatic rings. The Morgan fingerprint density at radius 2 is 1.14 bits per heavy atom. The molecule has 1 saturated carbocycles. The molecule has 0 unspecified atom stereocenters. The highest BCUT2D eigenvalue weighted by atomic mass is 16.2. The Morgan fingerprint density at radius 3 is 1.56 bits per heavy atom. The van der Waals surface area contributed by atoms with Crippen LogP contribution in [0.5, 0.6) is 0 Å². The molecule has 4 atom stereocenters. The van der Waals surface area contributed by atoms with Crippen LogP contribution >= 0.6 is 0 Å². The van der Waals surface area contributed by atoms with Gasteiger partial charge in [-0.25, -0.2) is 4.90 Å². The van der Waals surface area contributed by atoms with Crippen molar-refractivity contribution in [1.29, 1.82) is 0 Å². The average Bonchev–Trinajstić information content (AvgIpc) is 3.40. The number of Topliss-reactive ketones (excluding diaryl/α,β-unsaturated/α-hetero) is 1. The van der Waals surface area contributed by atoms with Crippen molar-refractivity contribution in [3.05, 3.63) is 102 Å². The first-order chi connectivity index (χ1) is 17.4. The summed E-state index contributed by atoms with van der Waals surface area (Å²) in [6.45, 7) is 5.93. The van der Waals surface area contributed by atoms with E-state index in [1.807, 2.05) is 106 Å². The van der Waals surface area contributed by atoms with E-state index in [1.165, 1.54) is 4.90 Å². The summed E-state index contributed by atoms with van der Waals surface area (Å²) in [7, 11) is 0. The van der Waals surface area contributed by atoms with Crippen molar-refractivity contribution >= 4 is 34.4 Å². The van der Waals surface area contributed by atoms with Crippen LogP contribution in [0.2, 0.25) is 0 Å². The predicted octanol–water partition coefficient (Wildman–Crippen LogP) is 6.10. The molecule has 180 valence electrons. The van der Waals surface area contributed by atoms with Crippen molar-refractivity contribution in [2.45, 2.75) is 33.6 Å². The number of ketones is 1. The first-order valence-corrected chi connectivity index (χ1v) is 12.8. The zero-order chi connectivity index (χ0) is 25.2. The molecule has 36 heavy (non-hydrogen) atoms. The number of rotatable bonds is 5. The van der Waals surface area contributed by atoms with Crippen LogP contribution in [-0.2, 0) is 14.4 Å². The van der Waals surface area contributed by atoms with Gasteiger partial charge in [-0.1, -0.05) is 86.6 Å². The lowest BCUT2D eigenvalue weighted by atomic mass is 9.60. The molecular weight excluding hydrogens is 446 g/mol. The lowest BCUT2D eigenvalue weighted by molar-refractivity contribution is -0.134. The van der Waals surface area contributed by atoms with E-state index in [9.17, 15) is 14.4 Å². The number of aryl methyl sites for hydroxylation is 1. The molecule has 2 fully saturated rings. The van der Waals surface area contributed by atoms with E-state index >= 15 is 0 Å². The Hall–Kier alpha value is -3.79. The molecule has 4 heteroatoms. The molecule has 4 nitrogen and oxygen atoms in total. The molecule has 1 aliphatic heterocycles. The van der Waals surface area contributed by atoms with Crippen LogP contribution < -0.4 is 4.90 Å². The SMILES string of the molecule is CC[C@]12C(=O)[C@](CC)(C(c3ccccc3)=C1c1ccccc1)[C@H]1C(=O)N(c3cccc(C)c3)C(=O)[C@@H]12. The number of benzene rings is 3. The van der Waals surface area contributed by atoms with Crippen LogP contribution in [0.15, 0.2) is 84.9 Å². The molecule has 1 saturated heterocycles. The van der Waals surface area contributed by atoms with Crippen LogP contribution in [-0.4, -0.2) is 17.6 Å². The number of amides is 2. The zero-order valence-electron chi connectivity index (χ0n) is 20.8. The summed E-state index contributed by atoms with van der Waals surface area (Å²) in [6, 6.07) is 27.4. The number of fused-ring (bicyclic) bond motifs is 5. The summed E-state index contributed by atoms with van der Waals surface area (Å²) in [4.78, 5) is 44.5. The standard InChI is InChI=1S/C32H29NO3/c1-4-31-24(21-14-8-6-9-15-21)25(22-16-10-7-11-17-22)32(5-2,30(31)36)27-26(31)28(34)33(29(27)35)23-18-12-13-20(3)19-23/h6-19,26-27H,4-5H2,1-3H3/t26-,27-,31-,32+/m1/s1. The summed E-state index contributed by atoms with van der Waals surface area (Å²) in [5.41, 5.74) is 3.24. The van der Waals surface area contributed by atoms with Crippen LogP contribution in [0, 0.1) is 29.6 Å². The molecule has 2 bridgehead atoms. The van der Waals surface area contributed by atoms with Gasteiger partial charge in [0.05, 0.1) is 28.4 Å². The fourth-order valence-electron chi connectivity index (χ4n) is 7.48. The smallest absolute Gasteiger partial charge is 0.239 e. The monoisotopic (exact) mass is 475 g/mol. The second kappa shape index (κ2) is 7.86. The van der Waals surface area contributed by atoms with Gasteiger partial charge in [0.2, 0.25) is 11.8 Å². The third-order valence-electron chi connectivity index (χ3n) is 8.82. The minimum Gasteiger partial charge on any atom is -0.298 e. The van der Waals surface area contributed by atoms with Crippen molar-refractivity contribution in [2.75, 3.05) is 4.90 Å². The fourth-order valence-corrected chi connectivity index (χ4v) is 7.48. The van der Waals surface area contributed by atoms with Crippen molar-refractivity contribution < 1.29 is 14.4 Å². The predicted molar refractivity (Wildman–Crippen MR) is 141 cm³/mol. The van der Waals surface area contributed by atoms with E-state index in [0.717, 1.165) is 27.8 Å². The first-order valence-electron chi connectivity index (χ1n) is 12.8. The molecule has 3 aromatic rings. The first kappa shape index (κ1) is 22.7. The van der Waals surface area contributed by atoms with Gasteiger partial charge in [0.25, 0.3) is 0 Å². The quantitative estimate of drug-likeness (QED) is 0.419. The van der Waals surface area contributed by atoms with Gasteiger partial charge in [-0.05, 0) is 59.7 Å². The Labute approximate surface area is 211 Å². The van der Waals surface area contributed by atoms with Gasteiger partial charge in [-0.3, -0.25) is 14.4 Å². The number of nitrogens with zero attached hydrogens (tertiary/aromatic N) is 1. The highest BCUT2D eigenvalue weighted by Gasteiger charge is 2.80. The number of imide groups is 1. The number of hydrogen-bond donors (Lipinski definition) is 0. The van der Waals surface area contributed by atoms with Crippen molar-refractivity contribution in [3.63, 3.8) is 0 Å². The summed E-state index contributed by atoms with van der Waals surface area (Å²) >= 11 is 0. The van der Waals surface area contributed by atoms with E-state index in [4.69, 9.17) is 0 Å². The Morgan fingerprint density at radius 1 is 0.667 bits per heavy atom. The number of carbonyl (C=O) groups is 3. The molecular formula is C32H29NO3.